The fraction of sp³-hybridized carbons (Fsp3) is 1.00. The zero-order valence-electron chi connectivity index (χ0n) is 14.5. The third kappa shape index (κ3) is 11.1. The summed E-state index contributed by atoms with van der Waals surface area (Å²) in [6, 6.07) is 0. The van der Waals surface area contributed by atoms with Gasteiger partial charge in [0.25, 0.3) is 10.2 Å². The molecule has 0 bridgehead atoms. The van der Waals surface area contributed by atoms with Crippen molar-refractivity contribution in [1.82, 2.24) is 9.44 Å². The predicted molar refractivity (Wildman–Crippen MR) is 91.7 cm³/mol. The van der Waals surface area contributed by atoms with Gasteiger partial charge >= 0.3 is 0 Å². The molecule has 0 spiro atoms. The van der Waals surface area contributed by atoms with Crippen molar-refractivity contribution in [3.63, 3.8) is 0 Å². The van der Waals surface area contributed by atoms with Gasteiger partial charge in [-0.3, -0.25) is 0 Å². The van der Waals surface area contributed by atoms with Gasteiger partial charge < -0.3 is 0 Å². The highest BCUT2D eigenvalue weighted by atomic mass is 32.2. The summed E-state index contributed by atoms with van der Waals surface area (Å²) in [5, 5.41) is 0. The zero-order chi connectivity index (χ0) is 16.2. The lowest BCUT2D eigenvalue weighted by molar-refractivity contribution is 0.330. The molecule has 0 aromatic heterocycles. The molecule has 4 nitrogen and oxygen atoms in total. The maximum Gasteiger partial charge on any atom is 0.277 e. The van der Waals surface area contributed by atoms with Crippen molar-refractivity contribution in [2.24, 2.45) is 0 Å². The minimum absolute atomic E-state index is 0.318. The summed E-state index contributed by atoms with van der Waals surface area (Å²) in [5.74, 6) is 0. The molecule has 0 aliphatic heterocycles. The molecule has 0 heterocycles. The van der Waals surface area contributed by atoms with E-state index in [0.717, 1.165) is 25.7 Å². The van der Waals surface area contributed by atoms with E-state index in [1.54, 1.807) is 0 Å². The first-order valence-electron chi connectivity index (χ1n) is 8.61. The normalized spacial score (nSPS) is 15.0. The van der Waals surface area contributed by atoms with E-state index < -0.39 is 10.2 Å². The molecule has 0 amide bonds. The molecule has 1 unspecified atom stereocenters. The molecule has 0 saturated carbocycles. The van der Waals surface area contributed by atoms with Crippen LogP contribution in [0.5, 0.6) is 0 Å². The Morgan fingerprint density at radius 2 is 1.24 bits per heavy atom. The van der Waals surface area contributed by atoms with Crippen LogP contribution < -0.4 is 9.44 Å². The molecule has 0 radical (unpaired) electrons. The number of rotatable bonds is 14. The van der Waals surface area contributed by atoms with E-state index in [1.807, 2.05) is 6.92 Å². The summed E-state index contributed by atoms with van der Waals surface area (Å²) in [5.41, 5.74) is -0.318. The van der Waals surface area contributed by atoms with Crippen molar-refractivity contribution in [1.29, 1.82) is 0 Å². The summed E-state index contributed by atoms with van der Waals surface area (Å²) in [6.45, 7) is 6.45. The van der Waals surface area contributed by atoms with Crippen LogP contribution >= 0.6 is 0 Å². The van der Waals surface area contributed by atoms with Crippen LogP contribution in [0.4, 0.5) is 0 Å². The first-order valence-corrected chi connectivity index (χ1v) is 10.1. The Morgan fingerprint density at radius 3 is 1.67 bits per heavy atom. The average molecular weight is 321 g/mol. The number of hydrogen-bond acceptors (Lipinski definition) is 2. The van der Waals surface area contributed by atoms with E-state index in [-0.39, 0.29) is 5.54 Å². The molecule has 0 aromatic rings. The van der Waals surface area contributed by atoms with Gasteiger partial charge in [0.15, 0.2) is 0 Å². The Kier molecular flexibility index (Phi) is 11.4. The molecule has 0 rings (SSSR count). The van der Waals surface area contributed by atoms with Gasteiger partial charge in [-0.05, 0) is 19.8 Å². The summed E-state index contributed by atoms with van der Waals surface area (Å²) in [4.78, 5) is 0. The van der Waals surface area contributed by atoms with Gasteiger partial charge in [0.2, 0.25) is 0 Å². The molecule has 0 fully saturated rings. The lowest BCUT2D eigenvalue weighted by atomic mass is 9.89. The van der Waals surface area contributed by atoms with Crippen molar-refractivity contribution >= 4 is 10.2 Å². The quantitative estimate of drug-likeness (QED) is 0.473. The van der Waals surface area contributed by atoms with Gasteiger partial charge in [0.1, 0.15) is 0 Å². The SMILES string of the molecule is CCCCCCCC(C)(CCCCCC)NS(=O)(=O)NC. The topological polar surface area (TPSA) is 58.2 Å². The largest absolute Gasteiger partial charge is 0.277 e. The molecular formula is C16H36N2O2S. The van der Waals surface area contributed by atoms with Crippen LogP contribution in [-0.2, 0) is 10.2 Å². The maximum atomic E-state index is 11.8. The first-order chi connectivity index (χ1) is 9.89. The second-order valence-corrected chi connectivity index (χ2v) is 7.96. The fourth-order valence-corrected chi connectivity index (χ4v) is 3.62. The van der Waals surface area contributed by atoms with E-state index in [2.05, 4.69) is 23.3 Å². The van der Waals surface area contributed by atoms with Crippen LogP contribution in [0.15, 0.2) is 0 Å². The van der Waals surface area contributed by atoms with Gasteiger partial charge in [-0.1, -0.05) is 71.6 Å². The van der Waals surface area contributed by atoms with Gasteiger partial charge in [0.05, 0.1) is 0 Å². The lowest BCUT2D eigenvalue weighted by Crippen LogP contribution is -2.49. The smallest absolute Gasteiger partial charge is 0.205 e. The van der Waals surface area contributed by atoms with Crippen LogP contribution in [0, 0.1) is 0 Å². The van der Waals surface area contributed by atoms with E-state index in [4.69, 9.17) is 0 Å². The summed E-state index contributed by atoms with van der Waals surface area (Å²) >= 11 is 0. The maximum absolute atomic E-state index is 11.8. The zero-order valence-corrected chi connectivity index (χ0v) is 15.3. The first kappa shape index (κ1) is 20.9. The number of unbranched alkanes of at least 4 members (excludes halogenated alkanes) is 7. The molecule has 5 heteroatoms. The van der Waals surface area contributed by atoms with Crippen molar-refractivity contribution in [2.75, 3.05) is 7.05 Å². The second kappa shape index (κ2) is 11.4. The monoisotopic (exact) mass is 320 g/mol. The van der Waals surface area contributed by atoms with E-state index in [0.29, 0.717) is 0 Å². The number of nitrogens with one attached hydrogen (secondary N) is 2. The fourth-order valence-electron chi connectivity index (χ4n) is 2.66. The predicted octanol–water partition coefficient (Wildman–Crippen LogP) is 4.13. The molecule has 21 heavy (non-hydrogen) atoms. The van der Waals surface area contributed by atoms with Crippen molar-refractivity contribution in [3.05, 3.63) is 0 Å². The van der Waals surface area contributed by atoms with Crippen LogP contribution in [0.2, 0.25) is 0 Å². The van der Waals surface area contributed by atoms with Crippen molar-refractivity contribution in [3.8, 4) is 0 Å². The van der Waals surface area contributed by atoms with Gasteiger partial charge in [-0.25, -0.2) is 4.72 Å². The molecule has 0 saturated heterocycles. The third-order valence-electron chi connectivity index (χ3n) is 4.06. The summed E-state index contributed by atoms with van der Waals surface area (Å²) < 4.78 is 28.9. The standard InChI is InChI=1S/C16H36N2O2S/c1-5-7-9-11-13-15-16(3,14-12-10-8-6-2)18-21(19,20)17-4/h17-18H,5-15H2,1-4H3. The Hall–Kier alpha value is -0.130. The highest BCUT2D eigenvalue weighted by molar-refractivity contribution is 7.87. The van der Waals surface area contributed by atoms with Gasteiger partial charge in [-0.2, -0.15) is 13.1 Å². The highest BCUT2D eigenvalue weighted by Gasteiger charge is 2.28. The molecule has 0 aliphatic rings. The molecule has 0 aromatic carbocycles. The minimum atomic E-state index is -3.37. The average Bonchev–Trinajstić information content (AvgIpc) is 2.43. The molecule has 1 atom stereocenters. The Balaban J connectivity index is 4.37. The van der Waals surface area contributed by atoms with E-state index in [1.165, 1.54) is 52.0 Å². The van der Waals surface area contributed by atoms with Gasteiger partial charge in [-0.15, -0.1) is 0 Å². The van der Waals surface area contributed by atoms with Crippen molar-refractivity contribution in [2.45, 2.75) is 96.9 Å². The van der Waals surface area contributed by atoms with Crippen LogP contribution in [0.3, 0.4) is 0 Å². The van der Waals surface area contributed by atoms with E-state index >= 15 is 0 Å². The van der Waals surface area contributed by atoms with Crippen LogP contribution in [0.25, 0.3) is 0 Å². The third-order valence-corrected chi connectivity index (χ3v) is 5.36. The summed E-state index contributed by atoms with van der Waals surface area (Å²) in [7, 11) is -1.91. The number of hydrogen-bond donors (Lipinski definition) is 2. The molecule has 0 aliphatic carbocycles. The highest BCUT2D eigenvalue weighted by Crippen LogP contribution is 2.23. The summed E-state index contributed by atoms with van der Waals surface area (Å²) in [6.07, 6.45) is 12.6. The Morgan fingerprint density at radius 1 is 0.810 bits per heavy atom. The Labute approximate surface area is 132 Å². The van der Waals surface area contributed by atoms with Crippen LogP contribution in [0.1, 0.15) is 91.4 Å². The molecular weight excluding hydrogens is 284 g/mol. The lowest BCUT2D eigenvalue weighted by Gasteiger charge is -2.30. The van der Waals surface area contributed by atoms with E-state index in [9.17, 15) is 8.42 Å². The van der Waals surface area contributed by atoms with Gasteiger partial charge in [0, 0.05) is 12.6 Å². The molecule has 128 valence electrons. The Bertz CT molecular complexity index is 344. The van der Waals surface area contributed by atoms with Crippen molar-refractivity contribution < 1.29 is 8.42 Å². The minimum Gasteiger partial charge on any atom is -0.205 e. The second-order valence-electron chi connectivity index (χ2n) is 6.35. The molecule has 2 N–H and O–H groups in total. The van der Waals surface area contributed by atoms with Crippen LogP contribution in [-0.4, -0.2) is 21.0 Å².